The number of β-amino-alcohol motifs (C(OH)–C–C–N with tert-alkyl or cyclic N) is 1. The molecule has 0 bridgehead atoms. The first-order chi connectivity index (χ1) is 15.1. The van der Waals surface area contributed by atoms with Gasteiger partial charge in [0.25, 0.3) is 0 Å². The standard InChI is InChI=1S/C25H31N3O3/c1-27(2)14-15-30-24-8-4-3-6-20(24)17-28-13-11-25(23(29)18-28)31-21-9-10-22-19(16-21)7-5-12-26-22/h3-10,12,16,23,25,29H,11,13-15,17-18H2,1-2H3/t23-,25-/m1/s1. The number of aliphatic hydroxyl groups is 1. The molecular formula is C25H31N3O3. The summed E-state index contributed by atoms with van der Waals surface area (Å²) in [5.41, 5.74) is 2.09. The molecule has 0 aliphatic carbocycles. The molecule has 3 aromatic rings. The first-order valence-electron chi connectivity index (χ1n) is 10.9. The van der Waals surface area contributed by atoms with Gasteiger partial charge in [-0.25, -0.2) is 0 Å². The third-order valence-corrected chi connectivity index (χ3v) is 5.63. The number of pyridine rings is 1. The van der Waals surface area contributed by atoms with Crippen LogP contribution in [0.2, 0.25) is 0 Å². The Bertz CT molecular complexity index is 994. The minimum absolute atomic E-state index is 0.211. The number of likely N-dealkylation sites (tertiary alicyclic amines) is 1. The van der Waals surface area contributed by atoms with Gasteiger partial charge in [-0.2, -0.15) is 0 Å². The average molecular weight is 422 g/mol. The van der Waals surface area contributed by atoms with E-state index >= 15 is 0 Å². The normalized spacial score (nSPS) is 19.6. The van der Waals surface area contributed by atoms with Gasteiger partial charge in [0.15, 0.2) is 0 Å². The van der Waals surface area contributed by atoms with Crippen LogP contribution in [0.3, 0.4) is 0 Å². The first-order valence-corrected chi connectivity index (χ1v) is 10.9. The largest absolute Gasteiger partial charge is 0.492 e. The highest BCUT2D eigenvalue weighted by Crippen LogP contribution is 2.25. The molecule has 0 unspecified atom stereocenters. The van der Waals surface area contributed by atoms with Crippen molar-refractivity contribution >= 4 is 10.9 Å². The van der Waals surface area contributed by atoms with Crippen LogP contribution in [0.15, 0.2) is 60.8 Å². The van der Waals surface area contributed by atoms with Gasteiger partial charge in [0.05, 0.1) is 5.52 Å². The number of benzene rings is 2. The van der Waals surface area contributed by atoms with E-state index in [9.17, 15) is 5.11 Å². The van der Waals surface area contributed by atoms with Crippen LogP contribution in [0.1, 0.15) is 12.0 Å². The molecule has 1 aromatic heterocycles. The third-order valence-electron chi connectivity index (χ3n) is 5.63. The Kier molecular flexibility index (Phi) is 7.02. The van der Waals surface area contributed by atoms with Crippen molar-refractivity contribution in [3.8, 4) is 11.5 Å². The second-order valence-electron chi connectivity index (χ2n) is 8.36. The zero-order valence-electron chi connectivity index (χ0n) is 18.3. The van der Waals surface area contributed by atoms with Crippen molar-refractivity contribution in [2.45, 2.75) is 25.2 Å². The Morgan fingerprint density at radius 1 is 1.13 bits per heavy atom. The summed E-state index contributed by atoms with van der Waals surface area (Å²) < 4.78 is 12.1. The number of aromatic nitrogens is 1. The number of nitrogens with zero attached hydrogens (tertiary/aromatic N) is 3. The predicted octanol–water partition coefficient (Wildman–Crippen LogP) is 3.19. The van der Waals surface area contributed by atoms with E-state index in [-0.39, 0.29) is 6.10 Å². The van der Waals surface area contributed by atoms with E-state index in [2.05, 4.69) is 20.9 Å². The fraction of sp³-hybridized carbons (Fsp3) is 0.400. The highest BCUT2D eigenvalue weighted by atomic mass is 16.5. The lowest BCUT2D eigenvalue weighted by molar-refractivity contribution is -0.0276. The molecule has 0 radical (unpaired) electrons. The van der Waals surface area contributed by atoms with Crippen molar-refractivity contribution in [1.82, 2.24) is 14.8 Å². The molecule has 2 heterocycles. The van der Waals surface area contributed by atoms with Crippen molar-refractivity contribution in [2.75, 3.05) is 40.3 Å². The number of aliphatic hydroxyl groups excluding tert-OH is 1. The van der Waals surface area contributed by atoms with Crippen molar-refractivity contribution in [3.63, 3.8) is 0 Å². The van der Waals surface area contributed by atoms with Gasteiger partial charge in [-0.1, -0.05) is 24.3 Å². The number of fused-ring (bicyclic) bond motifs is 1. The Morgan fingerprint density at radius 3 is 2.84 bits per heavy atom. The molecule has 2 aromatic carbocycles. The summed E-state index contributed by atoms with van der Waals surface area (Å²) in [7, 11) is 4.08. The first kappa shape index (κ1) is 21.6. The van der Waals surface area contributed by atoms with Gasteiger partial charge in [0, 0.05) is 43.3 Å². The second kappa shape index (κ2) is 10.1. The molecule has 31 heavy (non-hydrogen) atoms. The summed E-state index contributed by atoms with van der Waals surface area (Å²) in [6.07, 6.45) is 1.81. The smallest absolute Gasteiger partial charge is 0.127 e. The predicted molar refractivity (Wildman–Crippen MR) is 123 cm³/mol. The molecule has 0 spiro atoms. The number of hydrogen-bond acceptors (Lipinski definition) is 6. The third kappa shape index (κ3) is 5.73. The monoisotopic (exact) mass is 421 g/mol. The van der Waals surface area contributed by atoms with Crippen LogP contribution in [-0.2, 0) is 6.54 Å². The summed E-state index contributed by atoms with van der Waals surface area (Å²) in [5.74, 6) is 1.69. The summed E-state index contributed by atoms with van der Waals surface area (Å²) in [5, 5.41) is 11.8. The molecular weight excluding hydrogens is 390 g/mol. The fourth-order valence-corrected chi connectivity index (χ4v) is 3.91. The lowest BCUT2D eigenvalue weighted by Crippen LogP contribution is -2.48. The number of rotatable bonds is 8. The van der Waals surface area contributed by atoms with Gasteiger partial charge in [-0.05, 0) is 50.8 Å². The van der Waals surface area contributed by atoms with E-state index in [4.69, 9.17) is 9.47 Å². The molecule has 1 fully saturated rings. The number of piperidine rings is 1. The Balaban J connectivity index is 1.34. The van der Waals surface area contributed by atoms with Crippen LogP contribution in [0.25, 0.3) is 10.9 Å². The fourth-order valence-electron chi connectivity index (χ4n) is 3.91. The minimum Gasteiger partial charge on any atom is -0.492 e. The Morgan fingerprint density at radius 2 is 2.00 bits per heavy atom. The summed E-state index contributed by atoms with van der Waals surface area (Å²) >= 11 is 0. The lowest BCUT2D eigenvalue weighted by atomic mass is 10.0. The molecule has 1 aliphatic rings. The zero-order valence-corrected chi connectivity index (χ0v) is 18.3. The highest BCUT2D eigenvalue weighted by Gasteiger charge is 2.29. The average Bonchev–Trinajstić information content (AvgIpc) is 2.76. The highest BCUT2D eigenvalue weighted by molar-refractivity contribution is 5.79. The Labute approximate surface area is 184 Å². The molecule has 4 rings (SSSR count). The van der Waals surface area contributed by atoms with Crippen molar-refractivity contribution < 1.29 is 14.6 Å². The Hall–Kier alpha value is -2.67. The number of likely N-dealkylation sites (N-methyl/N-ethyl adjacent to an activating group) is 1. The second-order valence-corrected chi connectivity index (χ2v) is 8.36. The molecule has 2 atom stereocenters. The van der Waals surface area contributed by atoms with Gasteiger partial charge < -0.3 is 19.5 Å². The topological polar surface area (TPSA) is 58.1 Å². The molecule has 0 amide bonds. The summed E-state index contributed by atoms with van der Waals surface area (Å²) in [4.78, 5) is 8.72. The van der Waals surface area contributed by atoms with E-state index in [1.165, 1.54) is 0 Å². The van der Waals surface area contributed by atoms with Crippen molar-refractivity contribution in [1.29, 1.82) is 0 Å². The van der Waals surface area contributed by atoms with Gasteiger partial charge in [0.2, 0.25) is 0 Å². The summed E-state index contributed by atoms with van der Waals surface area (Å²) in [6, 6.07) is 18.0. The van der Waals surface area contributed by atoms with Crippen molar-refractivity contribution in [3.05, 3.63) is 66.4 Å². The van der Waals surface area contributed by atoms with E-state index in [1.807, 2.05) is 62.6 Å². The molecule has 6 nitrogen and oxygen atoms in total. The number of para-hydroxylation sites is 1. The maximum Gasteiger partial charge on any atom is 0.127 e. The molecule has 1 N–H and O–H groups in total. The van der Waals surface area contributed by atoms with Gasteiger partial charge in [-0.3, -0.25) is 9.88 Å². The van der Waals surface area contributed by atoms with Crippen LogP contribution in [-0.4, -0.2) is 72.4 Å². The van der Waals surface area contributed by atoms with E-state index in [0.717, 1.165) is 54.0 Å². The molecule has 1 aliphatic heterocycles. The van der Waals surface area contributed by atoms with Crippen LogP contribution in [0.5, 0.6) is 11.5 Å². The van der Waals surface area contributed by atoms with Crippen LogP contribution < -0.4 is 9.47 Å². The van der Waals surface area contributed by atoms with Crippen LogP contribution in [0, 0.1) is 0 Å². The minimum atomic E-state index is -0.542. The molecule has 6 heteroatoms. The van der Waals surface area contributed by atoms with Crippen LogP contribution >= 0.6 is 0 Å². The van der Waals surface area contributed by atoms with Crippen molar-refractivity contribution in [2.24, 2.45) is 0 Å². The maximum atomic E-state index is 10.7. The van der Waals surface area contributed by atoms with E-state index in [0.29, 0.717) is 13.2 Å². The number of ether oxygens (including phenoxy) is 2. The van der Waals surface area contributed by atoms with Crippen LogP contribution in [0.4, 0.5) is 0 Å². The lowest BCUT2D eigenvalue weighted by Gasteiger charge is -2.36. The van der Waals surface area contributed by atoms with Gasteiger partial charge in [-0.15, -0.1) is 0 Å². The SMILES string of the molecule is CN(C)CCOc1ccccc1CN1CC[C@@H](Oc2ccc3ncccc3c2)[C@H](O)C1. The quantitative estimate of drug-likeness (QED) is 0.603. The van der Waals surface area contributed by atoms with E-state index < -0.39 is 6.10 Å². The van der Waals surface area contributed by atoms with Gasteiger partial charge >= 0.3 is 0 Å². The molecule has 0 saturated carbocycles. The zero-order chi connectivity index (χ0) is 21.6. The number of hydrogen-bond donors (Lipinski definition) is 1. The maximum absolute atomic E-state index is 10.7. The molecule has 164 valence electrons. The molecule has 1 saturated heterocycles. The summed E-state index contributed by atoms with van der Waals surface area (Å²) in [6.45, 7) is 3.72. The van der Waals surface area contributed by atoms with E-state index in [1.54, 1.807) is 6.20 Å². The van der Waals surface area contributed by atoms with Gasteiger partial charge in [0.1, 0.15) is 30.3 Å².